The van der Waals surface area contributed by atoms with Gasteiger partial charge in [-0.1, -0.05) is 88.9 Å². The van der Waals surface area contributed by atoms with Crippen molar-refractivity contribution in [3.63, 3.8) is 0 Å². The van der Waals surface area contributed by atoms with Crippen LogP contribution in [0.15, 0.2) is 66.7 Å². The average molecular weight is 570 g/mol. The third-order valence-electron chi connectivity index (χ3n) is 5.41. The number of nitrogens with zero attached hydrogens (tertiary/aromatic N) is 1. The van der Waals surface area contributed by atoms with E-state index >= 15 is 0 Å². The van der Waals surface area contributed by atoms with Gasteiger partial charge < -0.3 is 10.2 Å². The van der Waals surface area contributed by atoms with E-state index in [1.165, 1.54) is 11.8 Å². The zero-order chi connectivity index (χ0) is 25.4. The molecule has 9 heteroatoms. The summed E-state index contributed by atoms with van der Waals surface area (Å²) in [6.07, 6.45) is 0.349. The lowest BCUT2D eigenvalue weighted by Crippen LogP contribution is -2.50. The zero-order valence-corrected chi connectivity index (χ0v) is 22.8. The first-order chi connectivity index (χ1) is 16.8. The summed E-state index contributed by atoms with van der Waals surface area (Å²) in [5, 5.41) is 4.67. The number of carbonyl (C=O) groups excluding carboxylic acids is 2. The number of likely N-dealkylation sites (N-methyl/N-ethyl adjacent to an activating group) is 1. The molecule has 184 valence electrons. The van der Waals surface area contributed by atoms with Crippen LogP contribution in [0.3, 0.4) is 0 Å². The van der Waals surface area contributed by atoms with Crippen molar-refractivity contribution in [3.05, 3.63) is 104 Å². The van der Waals surface area contributed by atoms with Gasteiger partial charge in [0.2, 0.25) is 11.8 Å². The molecule has 0 heterocycles. The van der Waals surface area contributed by atoms with Gasteiger partial charge in [0.25, 0.3) is 0 Å². The summed E-state index contributed by atoms with van der Waals surface area (Å²) in [5.74, 6) is 0.187. The fourth-order valence-electron chi connectivity index (χ4n) is 3.54. The Kier molecular flexibility index (Phi) is 10.6. The molecule has 4 nitrogen and oxygen atoms in total. The summed E-state index contributed by atoms with van der Waals surface area (Å²) in [7, 11) is 1.56. The fourth-order valence-corrected chi connectivity index (χ4v) is 5.53. The summed E-state index contributed by atoms with van der Waals surface area (Å²) in [5.41, 5.74) is 2.41. The molecule has 0 bridgehead atoms. The Hall–Kier alpha value is -1.89. The van der Waals surface area contributed by atoms with E-state index in [9.17, 15) is 9.59 Å². The molecule has 0 aliphatic heterocycles. The average Bonchev–Trinajstić information content (AvgIpc) is 2.84. The van der Waals surface area contributed by atoms with Crippen molar-refractivity contribution in [2.75, 3.05) is 12.8 Å². The van der Waals surface area contributed by atoms with E-state index in [4.69, 9.17) is 46.4 Å². The first-order valence-corrected chi connectivity index (χ1v) is 13.5. The lowest BCUT2D eigenvalue weighted by Gasteiger charge is -2.31. The van der Waals surface area contributed by atoms with Crippen LogP contribution < -0.4 is 5.32 Å². The number of carbonyl (C=O) groups is 2. The Morgan fingerprint density at radius 2 is 1.60 bits per heavy atom. The van der Waals surface area contributed by atoms with Gasteiger partial charge in [-0.25, -0.2) is 0 Å². The Morgan fingerprint density at radius 1 is 0.914 bits per heavy atom. The molecule has 0 spiro atoms. The molecule has 0 radical (unpaired) electrons. The molecular formula is C26H24Cl4N2O2S. The minimum atomic E-state index is -0.748. The number of benzene rings is 3. The highest BCUT2D eigenvalue weighted by molar-refractivity contribution is 7.99. The number of hydrogen-bond acceptors (Lipinski definition) is 3. The maximum Gasteiger partial charge on any atom is 0.242 e. The fraction of sp³-hybridized carbons (Fsp3) is 0.231. The number of halogens is 4. The molecular weight excluding hydrogens is 546 g/mol. The highest BCUT2D eigenvalue weighted by atomic mass is 35.5. The molecule has 3 rings (SSSR count). The molecule has 3 aromatic carbocycles. The molecule has 0 fully saturated rings. The van der Waals surface area contributed by atoms with Crippen LogP contribution in [-0.2, 0) is 28.3 Å². The van der Waals surface area contributed by atoms with Gasteiger partial charge in [-0.3, -0.25) is 9.59 Å². The Labute approximate surface area is 229 Å². The number of nitrogens with one attached hydrogen (secondary N) is 1. The Balaban J connectivity index is 1.86. The van der Waals surface area contributed by atoms with Crippen molar-refractivity contribution in [2.45, 2.75) is 24.8 Å². The number of thioether (sulfide) groups is 1. The summed E-state index contributed by atoms with van der Waals surface area (Å²) >= 11 is 26.5. The van der Waals surface area contributed by atoms with Crippen molar-refractivity contribution in [3.8, 4) is 0 Å². The topological polar surface area (TPSA) is 49.4 Å². The number of rotatable bonds is 10. The van der Waals surface area contributed by atoms with E-state index in [1.54, 1.807) is 42.3 Å². The normalized spacial score (nSPS) is 11.7. The largest absolute Gasteiger partial charge is 0.357 e. The second kappa shape index (κ2) is 13.4. The van der Waals surface area contributed by atoms with Crippen LogP contribution in [0.2, 0.25) is 20.1 Å². The quantitative estimate of drug-likeness (QED) is 0.288. The minimum Gasteiger partial charge on any atom is -0.357 e. The van der Waals surface area contributed by atoms with Gasteiger partial charge in [0.1, 0.15) is 6.04 Å². The van der Waals surface area contributed by atoms with E-state index in [0.717, 1.165) is 11.1 Å². The van der Waals surface area contributed by atoms with Crippen LogP contribution in [0.25, 0.3) is 0 Å². The highest BCUT2D eigenvalue weighted by Crippen LogP contribution is 2.29. The van der Waals surface area contributed by atoms with E-state index in [-0.39, 0.29) is 24.1 Å². The first kappa shape index (κ1) is 27.7. The molecule has 0 saturated heterocycles. The van der Waals surface area contributed by atoms with Crippen LogP contribution in [0.1, 0.15) is 16.7 Å². The first-order valence-electron chi connectivity index (χ1n) is 10.8. The van der Waals surface area contributed by atoms with Crippen molar-refractivity contribution >= 4 is 70.0 Å². The van der Waals surface area contributed by atoms with Gasteiger partial charge >= 0.3 is 0 Å². The van der Waals surface area contributed by atoms with Crippen LogP contribution >= 0.6 is 58.2 Å². The smallest absolute Gasteiger partial charge is 0.242 e. The maximum absolute atomic E-state index is 13.5. The number of amides is 2. The molecule has 0 aromatic heterocycles. The van der Waals surface area contributed by atoms with Gasteiger partial charge in [-0.15, -0.1) is 11.8 Å². The van der Waals surface area contributed by atoms with Crippen LogP contribution in [0.4, 0.5) is 0 Å². The third-order valence-corrected chi connectivity index (χ3v) is 7.67. The van der Waals surface area contributed by atoms with Crippen LogP contribution in [0, 0.1) is 0 Å². The standard InChI is InChI=1S/C26H24Cl4N2O2S/c1-31-26(34)24(12-17-6-3-2-4-7-17)32(14-20-21(28)8-5-9-22(20)29)25(33)16-35-15-18-10-11-19(27)13-23(18)30/h2-11,13,24H,12,14-16H2,1H3,(H,31,34)/t24-/m1/s1. The van der Waals surface area contributed by atoms with E-state index < -0.39 is 6.04 Å². The predicted octanol–water partition coefficient (Wildman–Crippen LogP) is 6.92. The molecule has 1 N–H and O–H groups in total. The molecule has 0 aliphatic rings. The van der Waals surface area contributed by atoms with Crippen molar-refractivity contribution < 1.29 is 9.59 Å². The van der Waals surface area contributed by atoms with E-state index in [2.05, 4.69) is 5.32 Å². The van der Waals surface area contributed by atoms with Gasteiger partial charge in [0.15, 0.2) is 0 Å². The van der Waals surface area contributed by atoms with Crippen molar-refractivity contribution in [1.82, 2.24) is 10.2 Å². The molecule has 0 aliphatic carbocycles. The van der Waals surface area contributed by atoms with Gasteiger partial charge in [-0.05, 0) is 35.4 Å². The maximum atomic E-state index is 13.5. The molecule has 2 amide bonds. The monoisotopic (exact) mass is 568 g/mol. The minimum absolute atomic E-state index is 0.102. The van der Waals surface area contributed by atoms with Crippen molar-refractivity contribution in [1.29, 1.82) is 0 Å². The van der Waals surface area contributed by atoms with Gasteiger partial charge in [0, 0.05) is 51.4 Å². The molecule has 0 saturated carbocycles. The van der Waals surface area contributed by atoms with Gasteiger partial charge in [-0.2, -0.15) is 0 Å². The summed E-state index contributed by atoms with van der Waals surface area (Å²) < 4.78 is 0. The Bertz CT molecular complexity index is 1160. The predicted molar refractivity (Wildman–Crippen MR) is 148 cm³/mol. The molecule has 1 atom stereocenters. The van der Waals surface area contributed by atoms with Crippen LogP contribution in [-0.4, -0.2) is 35.6 Å². The molecule has 35 heavy (non-hydrogen) atoms. The summed E-state index contributed by atoms with van der Waals surface area (Å²) in [4.78, 5) is 28.1. The zero-order valence-electron chi connectivity index (χ0n) is 18.9. The van der Waals surface area contributed by atoms with E-state index in [0.29, 0.717) is 37.8 Å². The summed E-state index contributed by atoms with van der Waals surface area (Å²) in [6, 6.07) is 19.3. The van der Waals surface area contributed by atoms with Gasteiger partial charge in [0.05, 0.1) is 5.75 Å². The van der Waals surface area contributed by atoms with E-state index in [1.807, 2.05) is 36.4 Å². The lowest BCUT2D eigenvalue weighted by atomic mass is 10.0. The third kappa shape index (κ3) is 7.80. The second-order valence-corrected chi connectivity index (χ2v) is 10.4. The Morgan fingerprint density at radius 3 is 2.23 bits per heavy atom. The number of hydrogen-bond donors (Lipinski definition) is 1. The lowest BCUT2D eigenvalue weighted by molar-refractivity contribution is -0.139. The SMILES string of the molecule is CNC(=O)[C@@H](Cc1ccccc1)N(Cc1c(Cl)cccc1Cl)C(=O)CSCc1ccc(Cl)cc1Cl. The summed E-state index contributed by atoms with van der Waals surface area (Å²) in [6.45, 7) is 0.102. The van der Waals surface area contributed by atoms with Crippen LogP contribution in [0.5, 0.6) is 0 Å². The second-order valence-electron chi connectivity index (χ2n) is 7.77. The molecule has 0 unspecified atom stereocenters. The van der Waals surface area contributed by atoms with Crippen molar-refractivity contribution in [2.24, 2.45) is 0 Å². The highest BCUT2D eigenvalue weighted by Gasteiger charge is 2.30. The molecule has 3 aromatic rings.